The summed E-state index contributed by atoms with van der Waals surface area (Å²) in [4.78, 5) is 3.78. The van der Waals surface area contributed by atoms with Crippen molar-refractivity contribution in [3.8, 4) is 11.3 Å². The fourth-order valence-electron chi connectivity index (χ4n) is 1.39. The summed E-state index contributed by atoms with van der Waals surface area (Å²) in [6.07, 6.45) is -3.53. The van der Waals surface area contributed by atoms with Gasteiger partial charge in [0.25, 0.3) is 0 Å². The Morgan fingerprint density at radius 3 is 2.06 bits per heavy atom. The Bertz CT molecular complexity index is 501. The number of hydrogen-bond acceptors (Lipinski definition) is 2. The van der Waals surface area contributed by atoms with E-state index in [9.17, 15) is 13.2 Å². The zero-order valence-electron chi connectivity index (χ0n) is 8.70. The molecule has 2 aromatic rings. The Hall–Kier alpha value is -2.04. The first kappa shape index (κ1) is 11.4. The molecule has 17 heavy (non-hydrogen) atoms. The van der Waals surface area contributed by atoms with Gasteiger partial charge in [0.1, 0.15) is 0 Å². The lowest BCUT2D eigenvalue weighted by atomic mass is 10.1. The van der Waals surface area contributed by atoms with Crippen LogP contribution >= 0.6 is 0 Å². The summed E-state index contributed by atoms with van der Waals surface area (Å²) >= 11 is 0. The minimum Gasteiger partial charge on any atom is -0.399 e. The van der Waals surface area contributed by atoms with Gasteiger partial charge in [-0.3, -0.25) is 4.98 Å². The van der Waals surface area contributed by atoms with Crippen LogP contribution < -0.4 is 5.73 Å². The molecule has 0 aliphatic heterocycles. The largest absolute Gasteiger partial charge is 0.417 e. The van der Waals surface area contributed by atoms with Crippen molar-refractivity contribution in [3.63, 3.8) is 0 Å². The Kier molecular flexibility index (Phi) is 2.75. The molecule has 0 saturated carbocycles. The van der Waals surface area contributed by atoms with Gasteiger partial charge in [-0.05, 0) is 24.3 Å². The van der Waals surface area contributed by atoms with Crippen molar-refractivity contribution in [2.75, 3.05) is 5.73 Å². The van der Waals surface area contributed by atoms with E-state index < -0.39 is 11.7 Å². The summed E-state index contributed by atoms with van der Waals surface area (Å²) in [6, 6.07) is 9.13. The van der Waals surface area contributed by atoms with Crippen LogP contribution in [0.5, 0.6) is 0 Å². The van der Waals surface area contributed by atoms with Gasteiger partial charge in [-0.15, -0.1) is 0 Å². The average Bonchev–Trinajstić information content (AvgIpc) is 2.29. The van der Waals surface area contributed by atoms with Crippen molar-refractivity contribution >= 4 is 5.69 Å². The van der Waals surface area contributed by atoms with E-state index in [4.69, 9.17) is 5.73 Å². The molecule has 0 bridgehead atoms. The number of nitrogens with zero attached hydrogens (tertiary/aromatic N) is 1. The molecule has 1 heterocycles. The van der Waals surface area contributed by atoms with Gasteiger partial charge in [0.2, 0.25) is 0 Å². The molecule has 0 atom stereocenters. The number of hydrogen-bond donors (Lipinski definition) is 1. The number of aromatic nitrogens is 1. The second kappa shape index (κ2) is 4.08. The molecule has 0 aliphatic rings. The molecule has 0 fully saturated rings. The van der Waals surface area contributed by atoms with Crippen molar-refractivity contribution in [1.29, 1.82) is 0 Å². The van der Waals surface area contributed by atoms with Gasteiger partial charge in [-0.25, -0.2) is 0 Å². The van der Waals surface area contributed by atoms with E-state index >= 15 is 0 Å². The summed E-state index contributed by atoms with van der Waals surface area (Å²) in [6.45, 7) is 0. The zero-order valence-corrected chi connectivity index (χ0v) is 8.70. The molecule has 0 amide bonds. The molecule has 0 unspecified atom stereocenters. The van der Waals surface area contributed by atoms with E-state index in [0.29, 0.717) is 11.4 Å². The van der Waals surface area contributed by atoms with Crippen LogP contribution in [-0.4, -0.2) is 4.98 Å². The first-order valence-corrected chi connectivity index (χ1v) is 4.86. The molecule has 0 aliphatic carbocycles. The summed E-state index contributed by atoms with van der Waals surface area (Å²) in [5.41, 5.74) is 6.58. The van der Waals surface area contributed by atoms with Crippen molar-refractivity contribution in [2.45, 2.75) is 6.18 Å². The van der Waals surface area contributed by atoms with Crippen molar-refractivity contribution < 1.29 is 13.2 Å². The summed E-state index contributed by atoms with van der Waals surface area (Å²) in [5.74, 6) is 0. The molecule has 2 rings (SSSR count). The highest BCUT2D eigenvalue weighted by Crippen LogP contribution is 2.29. The van der Waals surface area contributed by atoms with Gasteiger partial charge in [0.15, 0.2) is 0 Å². The predicted molar refractivity (Wildman–Crippen MR) is 59.1 cm³/mol. The Morgan fingerprint density at radius 1 is 0.941 bits per heavy atom. The average molecular weight is 238 g/mol. The molecule has 0 spiro atoms. The maximum absolute atomic E-state index is 12.3. The van der Waals surface area contributed by atoms with Crippen LogP contribution in [0.15, 0.2) is 42.6 Å². The molecule has 0 saturated heterocycles. The van der Waals surface area contributed by atoms with Gasteiger partial charge < -0.3 is 5.73 Å². The van der Waals surface area contributed by atoms with Crippen LogP contribution in [-0.2, 0) is 6.18 Å². The number of pyridine rings is 1. The van der Waals surface area contributed by atoms with E-state index in [1.54, 1.807) is 24.3 Å². The maximum Gasteiger partial charge on any atom is 0.417 e. The van der Waals surface area contributed by atoms with E-state index in [1.807, 2.05) is 0 Å². The van der Waals surface area contributed by atoms with Crippen LogP contribution in [0.4, 0.5) is 18.9 Å². The van der Waals surface area contributed by atoms with E-state index in [2.05, 4.69) is 4.98 Å². The fraction of sp³-hybridized carbons (Fsp3) is 0.0833. The second-order valence-electron chi connectivity index (χ2n) is 3.55. The summed E-state index contributed by atoms with van der Waals surface area (Å²) in [7, 11) is 0. The van der Waals surface area contributed by atoms with Crippen LogP contribution in [0.2, 0.25) is 0 Å². The predicted octanol–water partition coefficient (Wildman–Crippen LogP) is 3.35. The molecule has 1 aromatic carbocycles. The number of anilines is 1. The Morgan fingerprint density at radius 2 is 1.59 bits per heavy atom. The standard InChI is InChI=1S/C12H9F3N2/c13-12(14,15)9-3-6-11(17-7-9)8-1-4-10(16)5-2-8/h1-7H,16H2. The number of rotatable bonds is 1. The zero-order chi connectivity index (χ0) is 12.5. The van der Waals surface area contributed by atoms with Crippen LogP contribution in [0, 0.1) is 0 Å². The lowest BCUT2D eigenvalue weighted by molar-refractivity contribution is -0.137. The molecule has 2 nitrogen and oxygen atoms in total. The monoisotopic (exact) mass is 238 g/mol. The second-order valence-corrected chi connectivity index (χ2v) is 3.55. The van der Waals surface area contributed by atoms with Crippen molar-refractivity contribution in [3.05, 3.63) is 48.2 Å². The molecule has 88 valence electrons. The molecule has 5 heteroatoms. The van der Waals surface area contributed by atoms with Gasteiger partial charge in [0.05, 0.1) is 11.3 Å². The molecular formula is C12H9F3N2. The molecular weight excluding hydrogens is 229 g/mol. The molecule has 2 N–H and O–H groups in total. The fourth-order valence-corrected chi connectivity index (χ4v) is 1.39. The summed E-state index contributed by atoms with van der Waals surface area (Å²) in [5, 5.41) is 0. The number of halogens is 3. The summed E-state index contributed by atoms with van der Waals surface area (Å²) < 4.78 is 37.0. The SMILES string of the molecule is Nc1ccc(-c2ccc(C(F)(F)F)cn2)cc1. The number of benzene rings is 1. The van der Waals surface area contributed by atoms with Crippen LogP contribution in [0.1, 0.15) is 5.56 Å². The third kappa shape index (κ3) is 2.55. The normalized spacial score (nSPS) is 11.5. The Labute approximate surface area is 95.9 Å². The topological polar surface area (TPSA) is 38.9 Å². The van der Waals surface area contributed by atoms with E-state index in [0.717, 1.165) is 17.8 Å². The number of nitrogen functional groups attached to an aromatic ring is 1. The number of nitrogens with two attached hydrogens (primary N) is 1. The molecule has 1 aromatic heterocycles. The Balaban J connectivity index is 2.33. The van der Waals surface area contributed by atoms with Gasteiger partial charge >= 0.3 is 6.18 Å². The van der Waals surface area contributed by atoms with Crippen LogP contribution in [0.3, 0.4) is 0 Å². The van der Waals surface area contributed by atoms with E-state index in [-0.39, 0.29) is 0 Å². The van der Waals surface area contributed by atoms with Gasteiger partial charge in [-0.2, -0.15) is 13.2 Å². The molecule has 0 radical (unpaired) electrons. The lowest BCUT2D eigenvalue weighted by Crippen LogP contribution is -2.05. The van der Waals surface area contributed by atoms with Gasteiger partial charge in [0, 0.05) is 17.4 Å². The highest BCUT2D eigenvalue weighted by Gasteiger charge is 2.30. The first-order valence-electron chi connectivity index (χ1n) is 4.86. The van der Waals surface area contributed by atoms with E-state index in [1.165, 1.54) is 6.07 Å². The lowest BCUT2D eigenvalue weighted by Gasteiger charge is -2.07. The quantitative estimate of drug-likeness (QED) is 0.774. The first-order chi connectivity index (χ1) is 7.97. The third-order valence-electron chi connectivity index (χ3n) is 2.30. The minimum atomic E-state index is -4.35. The highest BCUT2D eigenvalue weighted by atomic mass is 19.4. The smallest absolute Gasteiger partial charge is 0.399 e. The number of alkyl halides is 3. The van der Waals surface area contributed by atoms with Crippen molar-refractivity contribution in [2.24, 2.45) is 0 Å². The maximum atomic E-state index is 12.3. The minimum absolute atomic E-state index is 0.484. The van der Waals surface area contributed by atoms with Gasteiger partial charge in [-0.1, -0.05) is 12.1 Å². The third-order valence-corrected chi connectivity index (χ3v) is 2.30. The van der Waals surface area contributed by atoms with Crippen LogP contribution in [0.25, 0.3) is 11.3 Å². The highest BCUT2D eigenvalue weighted by molar-refractivity contribution is 5.61. The van der Waals surface area contributed by atoms with Crippen molar-refractivity contribution in [1.82, 2.24) is 4.98 Å².